The van der Waals surface area contributed by atoms with Gasteiger partial charge in [-0.3, -0.25) is 4.79 Å². The molecular formula is C17H16O2. The largest absolute Gasteiger partial charge is 0.481 e. The third kappa shape index (κ3) is 2.26. The minimum absolute atomic E-state index is 0.314. The summed E-state index contributed by atoms with van der Waals surface area (Å²) in [4.78, 5) is 11.0. The molecule has 0 amide bonds. The lowest BCUT2D eigenvalue weighted by Crippen LogP contribution is -2.16. The van der Waals surface area contributed by atoms with E-state index >= 15 is 0 Å². The number of carbonyl (C=O) groups is 1. The van der Waals surface area contributed by atoms with Gasteiger partial charge in [-0.15, -0.1) is 0 Å². The summed E-state index contributed by atoms with van der Waals surface area (Å²) in [6.45, 7) is 0. The second-order valence-electron chi connectivity index (χ2n) is 5.08. The molecule has 0 bridgehead atoms. The standard InChI is InChI=1S/C17H16O2/c18-17(19)14-10-8-13(9-11-14)16-7-3-5-12-4-1-2-6-15(12)16/h1-8,10,13-14H,9,11H2,(H,18,19). The van der Waals surface area contributed by atoms with E-state index in [0.29, 0.717) is 5.92 Å². The highest BCUT2D eigenvalue weighted by Gasteiger charge is 2.22. The predicted molar refractivity (Wildman–Crippen MR) is 76.2 cm³/mol. The van der Waals surface area contributed by atoms with E-state index in [0.717, 1.165) is 12.8 Å². The van der Waals surface area contributed by atoms with Gasteiger partial charge < -0.3 is 5.11 Å². The molecule has 1 N–H and O–H groups in total. The Labute approximate surface area is 112 Å². The van der Waals surface area contributed by atoms with Crippen molar-refractivity contribution in [3.63, 3.8) is 0 Å². The molecule has 0 spiro atoms. The average Bonchev–Trinajstić information content (AvgIpc) is 2.47. The predicted octanol–water partition coefficient (Wildman–Crippen LogP) is 3.97. The van der Waals surface area contributed by atoms with Crippen molar-refractivity contribution >= 4 is 16.7 Å². The molecule has 96 valence electrons. The molecule has 0 aromatic heterocycles. The van der Waals surface area contributed by atoms with E-state index in [-0.39, 0.29) is 5.92 Å². The highest BCUT2D eigenvalue weighted by Crippen LogP contribution is 2.34. The Morgan fingerprint density at radius 2 is 1.79 bits per heavy atom. The van der Waals surface area contributed by atoms with Crippen molar-refractivity contribution in [3.8, 4) is 0 Å². The van der Waals surface area contributed by atoms with Crippen LogP contribution in [-0.2, 0) is 4.79 Å². The molecule has 0 saturated heterocycles. The van der Waals surface area contributed by atoms with Crippen LogP contribution in [0.2, 0.25) is 0 Å². The number of hydrogen-bond donors (Lipinski definition) is 1. The van der Waals surface area contributed by atoms with E-state index in [1.165, 1.54) is 16.3 Å². The fraction of sp³-hybridized carbons (Fsp3) is 0.235. The Morgan fingerprint density at radius 1 is 1.00 bits per heavy atom. The van der Waals surface area contributed by atoms with Crippen LogP contribution in [0.4, 0.5) is 0 Å². The van der Waals surface area contributed by atoms with Crippen molar-refractivity contribution < 1.29 is 9.90 Å². The molecule has 0 radical (unpaired) electrons. The first-order valence-electron chi connectivity index (χ1n) is 6.64. The van der Waals surface area contributed by atoms with Gasteiger partial charge in [0.05, 0.1) is 5.92 Å². The van der Waals surface area contributed by atoms with Crippen LogP contribution in [0.5, 0.6) is 0 Å². The first kappa shape index (κ1) is 12.0. The van der Waals surface area contributed by atoms with Crippen LogP contribution in [0.3, 0.4) is 0 Å². The Morgan fingerprint density at radius 3 is 2.53 bits per heavy atom. The van der Waals surface area contributed by atoms with Gasteiger partial charge in [-0.05, 0) is 29.2 Å². The SMILES string of the molecule is O=C(O)C1C=CC(c2cccc3ccccc23)CC1. The second kappa shape index (κ2) is 4.88. The molecule has 0 heterocycles. The minimum Gasteiger partial charge on any atom is -0.481 e. The monoisotopic (exact) mass is 252 g/mol. The highest BCUT2D eigenvalue weighted by atomic mass is 16.4. The van der Waals surface area contributed by atoms with E-state index in [4.69, 9.17) is 5.11 Å². The van der Waals surface area contributed by atoms with Crippen LogP contribution in [0.1, 0.15) is 24.3 Å². The molecule has 2 nitrogen and oxygen atoms in total. The van der Waals surface area contributed by atoms with Gasteiger partial charge in [0.15, 0.2) is 0 Å². The summed E-state index contributed by atoms with van der Waals surface area (Å²) >= 11 is 0. The Kier molecular flexibility index (Phi) is 3.08. The summed E-state index contributed by atoms with van der Waals surface area (Å²) in [6, 6.07) is 14.7. The molecule has 2 aromatic rings. The number of allylic oxidation sites excluding steroid dienone is 1. The van der Waals surface area contributed by atoms with Crippen molar-refractivity contribution in [1.82, 2.24) is 0 Å². The number of benzene rings is 2. The average molecular weight is 252 g/mol. The maximum Gasteiger partial charge on any atom is 0.310 e. The van der Waals surface area contributed by atoms with E-state index in [1.54, 1.807) is 0 Å². The van der Waals surface area contributed by atoms with Gasteiger partial charge in [-0.2, -0.15) is 0 Å². The smallest absolute Gasteiger partial charge is 0.310 e. The summed E-state index contributed by atoms with van der Waals surface area (Å²) in [6.07, 6.45) is 5.53. The molecule has 0 aliphatic heterocycles. The first-order valence-corrected chi connectivity index (χ1v) is 6.64. The summed E-state index contributed by atoms with van der Waals surface area (Å²) in [5.41, 5.74) is 1.30. The number of fused-ring (bicyclic) bond motifs is 1. The molecule has 2 aromatic carbocycles. The molecule has 3 rings (SSSR count). The Hall–Kier alpha value is -2.09. The molecule has 2 unspecified atom stereocenters. The third-order valence-corrected chi connectivity index (χ3v) is 3.90. The summed E-state index contributed by atoms with van der Waals surface area (Å²) in [5, 5.41) is 11.5. The minimum atomic E-state index is -0.715. The molecule has 0 saturated carbocycles. The van der Waals surface area contributed by atoms with Crippen LogP contribution in [0, 0.1) is 5.92 Å². The van der Waals surface area contributed by atoms with Crippen molar-refractivity contribution in [2.24, 2.45) is 5.92 Å². The highest BCUT2D eigenvalue weighted by molar-refractivity contribution is 5.86. The molecule has 1 aliphatic rings. The fourth-order valence-electron chi connectivity index (χ4n) is 2.86. The van der Waals surface area contributed by atoms with Crippen molar-refractivity contribution in [2.75, 3.05) is 0 Å². The maximum absolute atomic E-state index is 11.0. The van der Waals surface area contributed by atoms with Gasteiger partial charge in [0, 0.05) is 5.92 Å². The van der Waals surface area contributed by atoms with Gasteiger partial charge >= 0.3 is 5.97 Å². The van der Waals surface area contributed by atoms with Gasteiger partial charge in [0.1, 0.15) is 0 Å². The first-order chi connectivity index (χ1) is 9.25. The normalized spacial score (nSPS) is 22.5. The van der Waals surface area contributed by atoms with Crippen LogP contribution in [-0.4, -0.2) is 11.1 Å². The second-order valence-corrected chi connectivity index (χ2v) is 5.08. The molecular weight excluding hydrogens is 236 g/mol. The maximum atomic E-state index is 11.0. The van der Waals surface area contributed by atoms with Crippen molar-refractivity contribution in [3.05, 3.63) is 60.2 Å². The molecule has 2 heteroatoms. The lowest BCUT2D eigenvalue weighted by molar-refractivity contribution is -0.140. The quantitative estimate of drug-likeness (QED) is 0.821. The lowest BCUT2D eigenvalue weighted by Gasteiger charge is -2.22. The van der Waals surface area contributed by atoms with Gasteiger partial charge in [-0.1, -0.05) is 54.6 Å². The van der Waals surface area contributed by atoms with Crippen LogP contribution in [0.15, 0.2) is 54.6 Å². The van der Waals surface area contributed by atoms with E-state index in [2.05, 4.69) is 42.5 Å². The summed E-state index contributed by atoms with van der Waals surface area (Å²) in [7, 11) is 0. The Balaban J connectivity index is 1.98. The topological polar surface area (TPSA) is 37.3 Å². The summed E-state index contributed by atoms with van der Waals surface area (Å²) < 4.78 is 0. The van der Waals surface area contributed by atoms with Crippen molar-refractivity contribution in [2.45, 2.75) is 18.8 Å². The number of carboxylic acid groups (broad SMARTS) is 1. The zero-order valence-corrected chi connectivity index (χ0v) is 10.6. The molecule has 19 heavy (non-hydrogen) atoms. The van der Waals surface area contributed by atoms with E-state index in [1.807, 2.05) is 12.1 Å². The number of rotatable bonds is 2. The molecule has 0 fully saturated rings. The van der Waals surface area contributed by atoms with Gasteiger partial charge in [0.25, 0.3) is 0 Å². The van der Waals surface area contributed by atoms with E-state index < -0.39 is 5.97 Å². The zero-order valence-electron chi connectivity index (χ0n) is 10.6. The molecule has 2 atom stereocenters. The lowest BCUT2D eigenvalue weighted by atomic mass is 9.83. The summed E-state index contributed by atoms with van der Waals surface area (Å²) in [5.74, 6) is -0.694. The number of aliphatic carboxylic acids is 1. The molecule has 1 aliphatic carbocycles. The number of hydrogen-bond acceptors (Lipinski definition) is 1. The van der Waals surface area contributed by atoms with E-state index in [9.17, 15) is 4.79 Å². The Bertz CT molecular complexity index is 637. The fourth-order valence-corrected chi connectivity index (χ4v) is 2.86. The number of carboxylic acids is 1. The van der Waals surface area contributed by atoms with Gasteiger partial charge in [0.2, 0.25) is 0 Å². The van der Waals surface area contributed by atoms with Gasteiger partial charge in [-0.25, -0.2) is 0 Å². The van der Waals surface area contributed by atoms with Crippen LogP contribution >= 0.6 is 0 Å². The zero-order chi connectivity index (χ0) is 13.2. The van der Waals surface area contributed by atoms with Crippen LogP contribution in [0.25, 0.3) is 10.8 Å². The van der Waals surface area contributed by atoms with Crippen LogP contribution < -0.4 is 0 Å². The van der Waals surface area contributed by atoms with Crippen molar-refractivity contribution in [1.29, 1.82) is 0 Å². The third-order valence-electron chi connectivity index (χ3n) is 3.90.